The summed E-state index contributed by atoms with van der Waals surface area (Å²) in [6, 6.07) is 33.6. The van der Waals surface area contributed by atoms with Gasteiger partial charge in [-0.05, 0) is 50.9 Å². The minimum absolute atomic E-state index is 0.249. The summed E-state index contributed by atoms with van der Waals surface area (Å²) in [5, 5.41) is 1.38. The molecule has 0 saturated heterocycles. The maximum absolute atomic E-state index is 3.87. The van der Waals surface area contributed by atoms with Crippen molar-refractivity contribution < 1.29 is 0 Å². The second kappa shape index (κ2) is 5.47. The first-order valence-corrected chi connectivity index (χ1v) is 11.4. The molecule has 0 fully saturated rings. The molecule has 0 amide bonds. The molecule has 1 heterocycles. The van der Waals surface area contributed by atoms with Gasteiger partial charge in [0.05, 0.1) is 5.41 Å². The molecule has 0 aliphatic heterocycles. The summed E-state index contributed by atoms with van der Waals surface area (Å²) >= 11 is 5.80. The number of hydrogen-bond acceptors (Lipinski definition) is 1. The molecule has 2 aliphatic rings. The monoisotopic (exact) mass is 450 g/mol. The molecule has 1 aromatic heterocycles. The molecular weight excluding hydrogens is 436 g/mol. The van der Waals surface area contributed by atoms with Gasteiger partial charge in [0.1, 0.15) is 0 Å². The Labute approximate surface area is 181 Å². The van der Waals surface area contributed by atoms with E-state index in [0.717, 1.165) is 0 Å². The average molecular weight is 451 g/mol. The maximum atomic E-state index is 3.87. The van der Waals surface area contributed by atoms with Crippen molar-refractivity contribution in [3.05, 3.63) is 118 Å². The van der Waals surface area contributed by atoms with E-state index in [9.17, 15) is 0 Å². The Balaban J connectivity index is 1.78. The van der Waals surface area contributed by atoms with Crippen LogP contribution in [0.2, 0.25) is 0 Å². The van der Waals surface area contributed by atoms with Crippen LogP contribution in [0.3, 0.4) is 0 Å². The van der Waals surface area contributed by atoms with Gasteiger partial charge in [-0.15, -0.1) is 11.3 Å². The van der Waals surface area contributed by atoms with Gasteiger partial charge in [-0.25, -0.2) is 0 Å². The predicted molar refractivity (Wildman–Crippen MR) is 126 cm³/mol. The van der Waals surface area contributed by atoms with E-state index in [1.807, 2.05) is 11.3 Å². The minimum atomic E-state index is -0.249. The van der Waals surface area contributed by atoms with Crippen LogP contribution in [0.15, 0.2) is 95.5 Å². The zero-order valence-electron chi connectivity index (χ0n) is 15.4. The summed E-state index contributed by atoms with van der Waals surface area (Å²) in [5.41, 5.74) is 9.47. The smallest absolute Gasteiger partial charge is 0.0740 e. The Hall–Kier alpha value is -2.68. The Morgan fingerprint density at radius 3 is 2.14 bits per heavy atom. The highest BCUT2D eigenvalue weighted by Gasteiger charge is 2.53. The number of thiophene rings is 1. The summed E-state index contributed by atoms with van der Waals surface area (Å²) in [7, 11) is 0. The minimum Gasteiger partial charge on any atom is -0.135 e. The Morgan fingerprint density at radius 1 is 0.621 bits per heavy atom. The maximum Gasteiger partial charge on any atom is 0.0740 e. The SMILES string of the molecule is Brc1cccc2c1-c1ccccc1C21c2ccccc2-c2sc3ccccc3c21. The molecule has 2 heteroatoms. The zero-order valence-corrected chi connectivity index (χ0v) is 17.8. The van der Waals surface area contributed by atoms with Gasteiger partial charge in [-0.2, -0.15) is 0 Å². The topological polar surface area (TPSA) is 0 Å². The van der Waals surface area contributed by atoms with Gasteiger partial charge in [0.25, 0.3) is 0 Å². The lowest BCUT2D eigenvalue weighted by atomic mass is 9.70. The van der Waals surface area contributed by atoms with Crippen LogP contribution in [0, 0.1) is 0 Å². The molecule has 2 aliphatic carbocycles. The van der Waals surface area contributed by atoms with Crippen LogP contribution in [0.4, 0.5) is 0 Å². The Bertz CT molecular complexity index is 1480. The third kappa shape index (κ3) is 1.77. The van der Waals surface area contributed by atoms with Crippen molar-refractivity contribution in [1.29, 1.82) is 0 Å². The van der Waals surface area contributed by atoms with Gasteiger partial charge in [-0.1, -0.05) is 94.8 Å². The molecule has 5 aromatic rings. The molecule has 4 aromatic carbocycles. The van der Waals surface area contributed by atoms with Crippen LogP contribution in [-0.4, -0.2) is 0 Å². The number of halogens is 1. The molecule has 1 unspecified atom stereocenters. The first-order chi connectivity index (χ1) is 14.3. The van der Waals surface area contributed by atoms with E-state index in [1.165, 1.54) is 58.4 Å². The highest BCUT2D eigenvalue weighted by Crippen LogP contribution is 2.66. The van der Waals surface area contributed by atoms with Gasteiger partial charge in [-0.3, -0.25) is 0 Å². The van der Waals surface area contributed by atoms with Crippen LogP contribution < -0.4 is 0 Å². The summed E-state index contributed by atoms with van der Waals surface area (Å²) in [6.45, 7) is 0. The molecule has 0 radical (unpaired) electrons. The van der Waals surface area contributed by atoms with Crippen molar-refractivity contribution in [2.75, 3.05) is 0 Å². The van der Waals surface area contributed by atoms with Gasteiger partial charge >= 0.3 is 0 Å². The van der Waals surface area contributed by atoms with Crippen LogP contribution >= 0.6 is 27.3 Å². The van der Waals surface area contributed by atoms with Gasteiger partial charge in [0, 0.05) is 19.6 Å². The first kappa shape index (κ1) is 16.2. The van der Waals surface area contributed by atoms with E-state index in [4.69, 9.17) is 0 Å². The molecular formula is C27H15BrS. The average Bonchev–Trinajstić information content (AvgIpc) is 3.37. The second-order valence-corrected chi connectivity index (χ2v) is 9.71. The molecule has 7 rings (SSSR count). The largest absolute Gasteiger partial charge is 0.135 e. The van der Waals surface area contributed by atoms with Crippen molar-refractivity contribution >= 4 is 37.4 Å². The highest BCUT2D eigenvalue weighted by atomic mass is 79.9. The molecule has 29 heavy (non-hydrogen) atoms. The lowest BCUT2D eigenvalue weighted by molar-refractivity contribution is 0.802. The van der Waals surface area contributed by atoms with Crippen molar-refractivity contribution in [1.82, 2.24) is 0 Å². The molecule has 1 spiro atoms. The van der Waals surface area contributed by atoms with Crippen LogP contribution in [0.1, 0.15) is 22.3 Å². The Morgan fingerprint density at radius 2 is 1.28 bits per heavy atom. The van der Waals surface area contributed by atoms with Gasteiger partial charge in [0.15, 0.2) is 0 Å². The van der Waals surface area contributed by atoms with E-state index < -0.39 is 0 Å². The number of fused-ring (bicyclic) bond motifs is 12. The van der Waals surface area contributed by atoms with Crippen molar-refractivity contribution in [3.8, 4) is 21.6 Å². The van der Waals surface area contributed by atoms with Crippen molar-refractivity contribution in [3.63, 3.8) is 0 Å². The third-order valence-corrected chi connectivity index (χ3v) is 8.43. The summed E-state index contributed by atoms with van der Waals surface area (Å²) in [5.74, 6) is 0. The zero-order chi connectivity index (χ0) is 19.2. The van der Waals surface area contributed by atoms with Gasteiger partial charge < -0.3 is 0 Å². The first-order valence-electron chi connectivity index (χ1n) is 9.82. The fourth-order valence-electron chi connectivity index (χ4n) is 5.59. The van der Waals surface area contributed by atoms with E-state index in [-0.39, 0.29) is 5.41 Å². The fourth-order valence-corrected chi connectivity index (χ4v) is 7.47. The molecule has 136 valence electrons. The third-order valence-electron chi connectivity index (χ3n) is 6.56. The lowest BCUT2D eigenvalue weighted by Crippen LogP contribution is -2.25. The van der Waals surface area contributed by atoms with E-state index in [0.29, 0.717) is 0 Å². The fraction of sp³-hybridized carbons (Fsp3) is 0.0370. The number of hydrogen-bond donors (Lipinski definition) is 0. The van der Waals surface area contributed by atoms with E-state index >= 15 is 0 Å². The Kier molecular flexibility index (Phi) is 3.05. The van der Waals surface area contributed by atoms with E-state index in [1.54, 1.807) is 0 Å². The quantitative estimate of drug-likeness (QED) is 0.219. The van der Waals surface area contributed by atoms with Crippen molar-refractivity contribution in [2.45, 2.75) is 5.41 Å². The second-order valence-electron chi connectivity index (χ2n) is 7.81. The van der Waals surface area contributed by atoms with Crippen LogP contribution in [-0.2, 0) is 5.41 Å². The number of rotatable bonds is 0. The highest BCUT2D eigenvalue weighted by molar-refractivity contribution is 9.10. The summed E-state index contributed by atoms with van der Waals surface area (Å²) < 4.78 is 2.54. The van der Waals surface area contributed by atoms with Crippen LogP contribution in [0.25, 0.3) is 31.7 Å². The molecule has 0 N–H and O–H groups in total. The predicted octanol–water partition coefficient (Wildman–Crippen LogP) is 8.01. The summed E-state index contributed by atoms with van der Waals surface area (Å²) in [4.78, 5) is 1.42. The summed E-state index contributed by atoms with van der Waals surface area (Å²) in [6.07, 6.45) is 0. The molecule has 0 saturated carbocycles. The van der Waals surface area contributed by atoms with Gasteiger partial charge in [0.2, 0.25) is 0 Å². The normalized spacial score (nSPS) is 18.0. The van der Waals surface area contributed by atoms with E-state index in [2.05, 4.69) is 107 Å². The van der Waals surface area contributed by atoms with Crippen molar-refractivity contribution in [2.24, 2.45) is 0 Å². The molecule has 0 nitrogen and oxygen atoms in total. The molecule has 0 bridgehead atoms. The molecule has 1 atom stereocenters. The van der Waals surface area contributed by atoms with Crippen LogP contribution in [0.5, 0.6) is 0 Å². The number of benzene rings is 4. The standard InChI is InChI=1S/C27H15BrS/c28-22-14-7-13-21-24(22)16-8-1-4-11-19(16)27(21)20-12-5-2-9-17(20)26-25(27)18-10-3-6-15-23(18)29-26/h1-15H. The lowest BCUT2D eigenvalue weighted by Gasteiger charge is -2.30.